The Kier molecular flexibility index (Phi) is 3.21. The van der Waals surface area contributed by atoms with Crippen LogP contribution in [-0.2, 0) is 4.79 Å². The van der Waals surface area contributed by atoms with Gasteiger partial charge < -0.3 is 10.1 Å². The van der Waals surface area contributed by atoms with Crippen molar-refractivity contribution in [3.8, 4) is 5.75 Å². The molecule has 2 aromatic rings. The monoisotopic (exact) mass is 284 g/mol. The Labute approximate surface area is 122 Å². The lowest BCUT2D eigenvalue weighted by Gasteiger charge is -2.28. The van der Waals surface area contributed by atoms with E-state index in [4.69, 9.17) is 4.74 Å². The average molecular weight is 284 g/mol. The first kappa shape index (κ1) is 13.4. The molecule has 0 saturated heterocycles. The molecule has 3 rings (SSSR count). The van der Waals surface area contributed by atoms with Crippen LogP contribution in [0.1, 0.15) is 25.5 Å². The Morgan fingerprint density at radius 3 is 2.86 bits per heavy atom. The number of para-hydroxylation sites is 1. The number of ketones is 1. The molecular formula is C15H16N4O2. The fourth-order valence-electron chi connectivity index (χ4n) is 2.73. The molecule has 0 amide bonds. The van der Waals surface area contributed by atoms with Crippen LogP contribution < -0.4 is 10.1 Å². The van der Waals surface area contributed by atoms with Gasteiger partial charge >= 0.3 is 0 Å². The topological polar surface area (TPSA) is 69.0 Å². The van der Waals surface area contributed by atoms with Gasteiger partial charge in [-0.2, -0.15) is 10.1 Å². The standard InChI is InChI=1S/C15H16N4O2/c1-9-13(10(2)20)14(19-15(18-9)16-8-17-19)11-6-4-5-7-12(11)21-3/h4-8,14H,1-3H3,(H,16,17,18)/t14-/m0/s1. The summed E-state index contributed by atoms with van der Waals surface area (Å²) in [5.74, 6) is 1.34. The molecule has 1 aliphatic heterocycles. The Morgan fingerprint density at radius 2 is 2.14 bits per heavy atom. The predicted molar refractivity (Wildman–Crippen MR) is 78.2 cm³/mol. The first-order valence-electron chi connectivity index (χ1n) is 6.64. The minimum Gasteiger partial charge on any atom is -0.496 e. The summed E-state index contributed by atoms with van der Waals surface area (Å²) >= 11 is 0. The number of rotatable bonds is 3. The quantitative estimate of drug-likeness (QED) is 0.935. The molecule has 6 heteroatoms. The molecule has 0 saturated carbocycles. The van der Waals surface area contributed by atoms with Crippen LogP contribution in [0.5, 0.6) is 5.75 Å². The number of hydrogen-bond acceptors (Lipinski definition) is 5. The van der Waals surface area contributed by atoms with Gasteiger partial charge in [0.15, 0.2) is 5.78 Å². The summed E-state index contributed by atoms with van der Waals surface area (Å²) in [4.78, 5) is 16.3. The number of anilines is 1. The van der Waals surface area contributed by atoms with Gasteiger partial charge in [0, 0.05) is 16.8 Å². The number of allylic oxidation sites excluding steroid dienone is 2. The SMILES string of the molecule is COc1ccccc1[C@H]1C(C(C)=O)=C(C)Nc2ncnn21. The molecule has 108 valence electrons. The Morgan fingerprint density at radius 1 is 1.38 bits per heavy atom. The summed E-state index contributed by atoms with van der Waals surface area (Å²) in [6.45, 7) is 3.43. The van der Waals surface area contributed by atoms with Crippen LogP contribution in [0.3, 0.4) is 0 Å². The molecule has 2 heterocycles. The molecule has 1 atom stereocenters. The zero-order chi connectivity index (χ0) is 15.0. The first-order valence-corrected chi connectivity index (χ1v) is 6.64. The number of carbonyl (C=O) groups excluding carboxylic acids is 1. The van der Waals surface area contributed by atoms with Crippen molar-refractivity contribution in [3.63, 3.8) is 0 Å². The minimum absolute atomic E-state index is 0.00273. The Bertz CT molecular complexity index is 733. The van der Waals surface area contributed by atoms with Crippen molar-refractivity contribution < 1.29 is 9.53 Å². The van der Waals surface area contributed by atoms with E-state index < -0.39 is 0 Å². The maximum atomic E-state index is 12.1. The molecule has 1 N–H and O–H groups in total. The number of aromatic nitrogens is 3. The molecule has 6 nitrogen and oxygen atoms in total. The van der Waals surface area contributed by atoms with Gasteiger partial charge in [0.2, 0.25) is 5.95 Å². The van der Waals surface area contributed by atoms with E-state index in [0.29, 0.717) is 11.5 Å². The fourth-order valence-corrected chi connectivity index (χ4v) is 2.73. The van der Waals surface area contributed by atoms with E-state index in [1.165, 1.54) is 6.33 Å². The second-order valence-electron chi connectivity index (χ2n) is 4.89. The van der Waals surface area contributed by atoms with Gasteiger partial charge in [0.1, 0.15) is 18.1 Å². The number of benzene rings is 1. The largest absolute Gasteiger partial charge is 0.496 e. The molecule has 1 aromatic carbocycles. The molecule has 0 radical (unpaired) electrons. The predicted octanol–water partition coefficient (Wildman–Crippen LogP) is 2.16. The van der Waals surface area contributed by atoms with Crippen molar-refractivity contribution in [2.75, 3.05) is 12.4 Å². The summed E-state index contributed by atoms with van der Waals surface area (Å²) in [6, 6.07) is 7.30. The lowest BCUT2D eigenvalue weighted by atomic mass is 9.92. The summed E-state index contributed by atoms with van der Waals surface area (Å²) in [5, 5.41) is 7.37. The van der Waals surface area contributed by atoms with E-state index in [0.717, 1.165) is 17.0 Å². The zero-order valence-electron chi connectivity index (χ0n) is 12.1. The van der Waals surface area contributed by atoms with E-state index in [1.807, 2.05) is 31.2 Å². The number of nitrogens with one attached hydrogen (secondary N) is 1. The number of fused-ring (bicyclic) bond motifs is 1. The van der Waals surface area contributed by atoms with Gasteiger partial charge in [0.25, 0.3) is 0 Å². The van der Waals surface area contributed by atoms with Gasteiger partial charge in [-0.25, -0.2) is 4.68 Å². The molecule has 21 heavy (non-hydrogen) atoms. The number of ether oxygens (including phenoxy) is 1. The summed E-state index contributed by atoms with van der Waals surface area (Å²) in [5.41, 5.74) is 2.34. The lowest BCUT2D eigenvalue weighted by molar-refractivity contribution is -0.114. The van der Waals surface area contributed by atoms with E-state index in [-0.39, 0.29) is 11.8 Å². The van der Waals surface area contributed by atoms with Crippen LogP contribution in [0.4, 0.5) is 5.95 Å². The summed E-state index contributed by atoms with van der Waals surface area (Å²) in [6.07, 6.45) is 1.47. The van der Waals surface area contributed by atoms with Crippen molar-refractivity contribution in [2.45, 2.75) is 19.9 Å². The van der Waals surface area contributed by atoms with Gasteiger partial charge in [-0.1, -0.05) is 18.2 Å². The van der Waals surface area contributed by atoms with Crippen LogP contribution in [0.15, 0.2) is 41.9 Å². The highest BCUT2D eigenvalue weighted by molar-refractivity contribution is 5.96. The first-order chi connectivity index (χ1) is 10.1. The highest BCUT2D eigenvalue weighted by Gasteiger charge is 2.33. The molecule has 0 unspecified atom stereocenters. The zero-order valence-corrected chi connectivity index (χ0v) is 12.1. The second kappa shape index (κ2) is 5.05. The van der Waals surface area contributed by atoms with Crippen LogP contribution >= 0.6 is 0 Å². The average Bonchev–Trinajstić information content (AvgIpc) is 2.93. The van der Waals surface area contributed by atoms with Crippen LogP contribution in [0.2, 0.25) is 0 Å². The lowest BCUT2D eigenvalue weighted by Crippen LogP contribution is -2.28. The summed E-state index contributed by atoms with van der Waals surface area (Å²) in [7, 11) is 1.62. The highest BCUT2D eigenvalue weighted by Crippen LogP contribution is 2.38. The second-order valence-corrected chi connectivity index (χ2v) is 4.89. The number of nitrogens with zero attached hydrogens (tertiary/aromatic N) is 3. The van der Waals surface area contributed by atoms with Gasteiger partial charge in [-0.3, -0.25) is 4.79 Å². The molecule has 0 bridgehead atoms. The van der Waals surface area contributed by atoms with Crippen molar-refractivity contribution >= 4 is 11.7 Å². The minimum atomic E-state index is -0.336. The smallest absolute Gasteiger partial charge is 0.226 e. The number of methoxy groups -OCH3 is 1. The number of carbonyl (C=O) groups is 1. The third kappa shape index (κ3) is 2.08. The normalized spacial score (nSPS) is 17.2. The molecule has 1 aliphatic rings. The number of hydrogen-bond donors (Lipinski definition) is 1. The molecule has 1 aromatic heterocycles. The van der Waals surface area contributed by atoms with Gasteiger partial charge in [-0.15, -0.1) is 0 Å². The Balaban J connectivity index is 2.25. The highest BCUT2D eigenvalue weighted by atomic mass is 16.5. The molecular weight excluding hydrogens is 268 g/mol. The molecule has 0 aliphatic carbocycles. The summed E-state index contributed by atoms with van der Waals surface area (Å²) < 4.78 is 7.15. The maximum Gasteiger partial charge on any atom is 0.226 e. The van der Waals surface area contributed by atoms with E-state index >= 15 is 0 Å². The van der Waals surface area contributed by atoms with E-state index in [2.05, 4.69) is 15.4 Å². The maximum absolute atomic E-state index is 12.1. The molecule has 0 fully saturated rings. The number of Topliss-reactive ketones (excluding diaryl/α,β-unsaturated/α-hetero) is 1. The third-order valence-corrected chi connectivity index (χ3v) is 3.61. The van der Waals surface area contributed by atoms with Crippen LogP contribution in [0, 0.1) is 0 Å². The van der Waals surface area contributed by atoms with Crippen molar-refractivity contribution in [2.24, 2.45) is 0 Å². The van der Waals surface area contributed by atoms with Crippen LogP contribution in [0.25, 0.3) is 0 Å². The van der Waals surface area contributed by atoms with E-state index in [9.17, 15) is 4.79 Å². The van der Waals surface area contributed by atoms with Crippen molar-refractivity contribution in [1.82, 2.24) is 14.8 Å². The van der Waals surface area contributed by atoms with E-state index in [1.54, 1.807) is 18.7 Å². The van der Waals surface area contributed by atoms with Crippen LogP contribution in [-0.4, -0.2) is 27.7 Å². The Hall–Kier alpha value is -2.63. The fraction of sp³-hybridized carbons (Fsp3) is 0.267. The van der Waals surface area contributed by atoms with Crippen molar-refractivity contribution in [3.05, 3.63) is 47.4 Å². The third-order valence-electron chi connectivity index (χ3n) is 3.61. The van der Waals surface area contributed by atoms with Gasteiger partial charge in [-0.05, 0) is 19.9 Å². The van der Waals surface area contributed by atoms with Gasteiger partial charge in [0.05, 0.1) is 7.11 Å². The molecule has 0 spiro atoms. The van der Waals surface area contributed by atoms with Crippen molar-refractivity contribution in [1.29, 1.82) is 0 Å².